The van der Waals surface area contributed by atoms with Gasteiger partial charge in [0.2, 0.25) is 0 Å². The lowest BCUT2D eigenvalue weighted by Crippen LogP contribution is -2.31. The molecular formula is C15H23NO3. The van der Waals surface area contributed by atoms with Gasteiger partial charge in [-0.2, -0.15) is 0 Å². The van der Waals surface area contributed by atoms with Crippen LogP contribution in [0.15, 0.2) is 24.3 Å². The first-order valence-corrected chi connectivity index (χ1v) is 6.70. The van der Waals surface area contributed by atoms with Gasteiger partial charge < -0.3 is 9.47 Å². The molecule has 0 saturated carbocycles. The molecule has 0 unspecified atom stereocenters. The molecule has 0 aliphatic rings. The fourth-order valence-corrected chi connectivity index (χ4v) is 1.95. The number of hydrogen-bond acceptors (Lipinski definition) is 4. The third-order valence-electron chi connectivity index (χ3n) is 2.74. The zero-order valence-corrected chi connectivity index (χ0v) is 12.0. The van der Waals surface area contributed by atoms with E-state index < -0.39 is 0 Å². The first kappa shape index (κ1) is 15.5. The number of esters is 1. The molecule has 0 amide bonds. The summed E-state index contributed by atoms with van der Waals surface area (Å²) in [5, 5.41) is 0. The van der Waals surface area contributed by atoms with E-state index in [0.29, 0.717) is 13.2 Å². The van der Waals surface area contributed by atoms with Crippen LogP contribution in [-0.2, 0) is 16.1 Å². The Morgan fingerprint density at radius 3 is 2.74 bits per heavy atom. The molecule has 0 fully saturated rings. The maximum Gasteiger partial charge on any atom is 0.320 e. The number of nitrogens with zero attached hydrogens (tertiary/aromatic N) is 1. The number of benzene rings is 1. The summed E-state index contributed by atoms with van der Waals surface area (Å²) in [7, 11) is 1.65. The smallest absolute Gasteiger partial charge is 0.320 e. The van der Waals surface area contributed by atoms with E-state index in [1.165, 1.54) is 0 Å². The quantitative estimate of drug-likeness (QED) is 0.677. The summed E-state index contributed by atoms with van der Waals surface area (Å²) in [4.78, 5) is 13.6. The zero-order valence-electron chi connectivity index (χ0n) is 12.0. The van der Waals surface area contributed by atoms with Crippen molar-refractivity contribution in [3.63, 3.8) is 0 Å². The van der Waals surface area contributed by atoms with Crippen molar-refractivity contribution in [2.45, 2.75) is 26.8 Å². The second-order valence-electron chi connectivity index (χ2n) is 4.37. The summed E-state index contributed by atoms with van der Waals surface area (Å²) in [6.45, 7) is 6.28. The minimum Gasteiger partial charge on any atom is -0.497 e. The van der Waals surface area contributed by atoms with Gasteiger partial charge >= 0.3 is 5.97 Å². The highest BCUT2D eigenvalue weighted by atomic mass is 16.5. The van der Waals surface area contributed by atoms with E-state index in [2.05, 4.69) is 11.8 Å². The van der Waals surface area contributed by atoms with Crippen molar-refractivity contribution in [1.29, 1.82) is 0 Å². The molecule has 0 atom stereocenters. The lowest BCUT2D eigenvalue weighted by atomic mass is 10.2. The SMILES string of the molecule is CCCN(CC(=O)OCC)Cc1cccc(OC)c1. The molecule has 19 heavy (non-hydrogen) atoms. The van der Waals surface area contributed by atoms with Crippen molar-refractivity contribution in [3.05, 3.63) is 29.8 Å². The molecule has 0 saturated heterocycles. The Morgan fingerprint density at radius 1 is 1.32 bits per heavy atom. The first-order valence-electron chi connectivity index (χ1n) is 6.70. The van der Waals surface area contributed by atoms with E-state index in [4.69, 9.17) is 9.47 Å². The lowest BCUT2D eigenvalue weighted by Gasteiger charge is -2.20. The van der Waals surface area contributed by atoms with Gasteiger partial charge in [0, 0.05) is 6.54 Å². The monoisotopic (exact) mass is 265 g/mol. The van der Waals surface area contributed by atoms with Crippen LogP contribution >= 0.6 is 0 Å². The molecule has 106 valence electrons. The molecule has 0 aliphatic heterocycles. The van der Waals surface area contributed by atoms with Crippen molar-refractivity contribution in [1.82, 2.24) is 4.90 Å². The molecule has 4 nitrogen and oxygen atoms in total. The van der Waals surface area contributed by atoms with Gasteiger partial charge in [-0.3, -0.25) is 9.69 Å². The summed E-state index contributed by atoms with van der Waals surface area (Å²) < 4.78 is 10.2. The van der Waals surface area contributed by atoms with Gasteiger partial charge in [0.05, 0.1) is 20.3 Å². The molecule has 0 N–H and O–H groups in total. The van der Waals surface area contributed by atoms with Crippen LogP contribution in [0.4, 0.5) is 0 Å². The van der Waals surface area contributed by atoms with E-state index in [1.54, 1.807) is 7.11 Å². The molecule has 1 aromatic rings. The number of methoxy groups -OCH3 is 1. The summed E-state index contributed by atoms with van der Waals surface area (Å²) in [6, 6.07) is 7.91. The van der Waals surface area contributed by atoms with Crippen LogP contribution in [0.3, 0.4) is 0 Å². The Kier molecular flexibility index (Phi) is 6.97. The van der Waals surface area contributed by atoms with Gasteiger partial charge in [-0.05, 0) is 37.6 Å². The average molecular weight is 265 g/mol. The normalized spacial score (nSPS) is 10.5. The topological polar surface area (TPSA) is 38.8 Å². The molecule has 1 aromatic carbocycles. The number of carbonyl (C=O) groups is 1. The summed E-state index contributed by atoms with van der Waals surface area (Å²) in [5.41, 5.74) is 1.14. The molecule has 0 bridgehead atoms. The molecule has 0 heterocycles. The Balaban J connectivity index is 2.63. The number of carbonyl (C=O) groups excluding carboxylic acids is 1. The highest BCUT2D eigenvalue weighted by Gasteiger charge is 2.11. The summed E-state index contributed by atoms with van der Waals surface area (Å²) in [5.74, 6) is 0.670. The molecule has 0 aliphatic carbocycles. The van der Waals surface area contributed by atoms with Gasteiger partial charge in [-0.25, -0.2) is 0 Å². The number of ether oxygens (including phenoxy) is 2. The zero-order chi connectivity index (χ0) is 14.1. The Morgan fingerprint density at radius 2 is 2.11 bits per heavy atom. The highest BCUT2D eigenvalue weighted by Crippen LogP contribution is 2.14. The van der Waals surface area contributed by atoms with Crippen molar-refractivity contribution >= 4 is 5.97 Å². The third-order valence-corrected chi connectivity index (χ3v) is 2.74. The van der Waals surface area contributed by atoms with Crippen LogP contribution in [0.1, 0.15) is 25.8 Å². The van der Waals surface area contributed by atoms with Gasteiger partial charge in [-0.15, -0.1) is 0 Å². The van der Waals surface area contributed by atoms with E-state index in [1.807, 2.05) is 31.2 Å². The van der Waals surface area contributed by atoms with Crippen molar-refractivity contribution in [2.24, 2.45) is 0 Å². The van der Waals surface area contributed by atoms with Gasteiger partial charge in [0.25, 0.3) is 0 Å². The molecule has 0 spiro atoms. The standard InChI is InChI=1S/C15H23NO3/c1-4-9-16(12-15(17)19-5-2)11-13-7-6-8-14(10-13)18-3/h6-8,10H,4-5,9,11-12H2,1-3H3. The average Bonchev–Trinajstić information content (AvgIpc) is 2.39. The predicted octanol–water partition coefficient (Wildman–Crippen LogP) is 2.47. The van der Waals surface area contributed by atoms with Crippen LogP contribution < -0.4 is 4.74 Å². The molecule has 0 radical (unpaired) electrons. The Bertz CT molecular complexity index is 393. The fraction of sp³-hybridized carbons (Fsp3) is 0.533. The van der Waals surface area contributed by atoms with Crippen LogP contribution in [0.5, 0.6) is 5.75 Å². The van der Waals surface area contributed by atoms with E-state index in [9.17, 15) is 4.79 Å². The van der Waals surface area contributed by atoms with Crippen molar-refractivity contribution < 1.29 is 14.3 Å². The van der Waals surface area contributed by atoms with Gasteiger partial charge in [-0.1, -0.05) is 19.1 Å². The maximum absolute atomic E-state index is 11.6. The van der Waals surface area contributed by atoms with Gasteiger partial charge in [0.15, 0.2) is 0 Å². The third kappa shape index (κ3) is 5.75. The summed E-state index contributed by atoms with van der Waals surface area (Å²) >= 11 is 0. The second-order valence-corrected chi connectivity index (χ2v) is 4.37. The maximum atomic E-state index is 11.6. The molecular weight excluding hydrogens is 242 g/mol. The van der Waals surface area contributed by atoms with Crippen LogP contribution in [0, 0.1) is 0 Å². The second kappa shape index (κ2) is 8.53. The van der Waals surface area contributed by atoms with Crippen LogP contribution in [-0.4, -0.2) is 37.7 Å². The molecule has 1 rings (SSSR count). The van der Waals surface area contributed by atoms with E-state index >= 15 is 0 Å². The van der Waals surface area contributed by atoms with Crippen molar-refractivity contribution in [2.75, 3.05) is 26.8 Å². The van der Waals surface area contributed by atoms with Crippen LogP contribution in [0.25, 0.3) is 0 Å². The lowest BCUT2D eigenvalue weighted by molar-refractivity contribution is -0.144. The number of hydrogen-bond donors (Lipinski definition) is 0. The molecule has 0 aromatic heterocycles. The van der Waals surface area contributed by atoms with E-state index in [-0.39, 0.29) is 5.97 Å². The highest BCUT2D eigenvalue weighted by molar-refractivity contribution is 5.71. The fourth-order valence-electron chi connectivity index (χ4n) is 1.95. The Labute approximate surface area is 115 Å². The first-order chi connectivity index (χ1) is 9.19. The minimum absolute atomic E-state index is 0.168. The largest absolute Gasteiger partial charge is 0.497 e. The Hall–Kier alpha value is -1.55. The minimum atomic E-state index is -0.168. The predicted molar refractivity (Wildman–Crippen MR) is 75.2 cm³/mol. The van der Waals surface area contributed by atoms with E-state index in [0.717, 1.165) is 30.8 Å². The van der Waals surface area contributed by atoms with Crippen molar-refractivity contribution in [3.8, 4) is 5.75 Å². The summed E-state index contributed by atoms with van der Waals surface area (Å²) in [6.07, 6.45) is 1.00. The molecule has 4 heteroatoms. The van der Waals surface area contributed by atoms with Crippen LogP contribution in [0.2, 0.25) is 0 Å². The van der Waals surface area contributed by atoms with Gasteiger partial charge in [0.1, 0.15) is 5.75 Å². The number of rotatable bonds is 8.